The standard InChI is InChI=1S/C11H9N3O4/c1-18-11(17)9-12-6-14(13-9)8-4-2-3-7(5-8)10(15)16/h2-6H,1H3,(H,15,16). The lowest BCUT2D eigenvalue weighted by molar-refractivity contribution is 0.0586. The molecule has 0 aliphatic rings. The fourth-order valence-corrected chi connectivity index (χ4v) is 1.35. The van der Waals surface area contributed by atoms with Crippen molar-refractivity contribution in [2.24, 2.45) is 0 Å². The van der Waals surface area contributed by atoms with E-state index in [9.17, 15) is 9.59 Å². The lowest BCUT2D eigenvalue weighted by atomic mass is 10.2. The number of carboxylic acid groups (broad SMARTS) is 1. The van der Waals surface area contributed by atoms with Crippen LogP contribution in [0.15, 0.2) is 30.6 Å². The van der Waals surface area contributed by atoms with Gasteiger partial charge in [-0.05, 0) is 18.2 Å². The number of methoxy groups -OCH3 is 1. The molecule has 0 unspecified atom stereocenters. The topological polar surface area (TPSA) is 94.3 Å². The van der Waals surface area contributed by atoms with Crippen molar-refractivity contribution in [1.82, 2.24) is 14.8 Å². The molecule has 0 aliphatic carbocycles. The fraction of sp³-hybridized carbons (Fsp3) is 0.0909. The van der Waals surface area contributed by atoms with Crippen molar-refractivity contribution >= 4 is 11.9 Å². The number of carbonyl (C=O) groups is 2. The summed E-state index contributed by atoms with van der Waals surface area (Å²) in [5.41, 5.74) is 0.625. The Morgan fingerprint density at radius 3 is 2.83 bits per heavy atom. The van der Waals surface area contributed by atoms with Gasteiger partial charge in [0.15, 0.2) is 0 Å². The van der Waals surface area contributed by atoms with Crippen LogP contribution < -0.4 is 0 Å². The maximum Gasteiger partial charge on any atom is 0.377 e. The van der Waals surface area contributed by atoms with Gasteiger partial charge in [0.25, 0.3) is 5.82 Å². The first-order valence-electron chi connectivity index (χ1n) is 4.95. The van der Waals surface area contributed by atoms with Crippen molar-refractivity contribution in [2.45, 2.75) is 0 Å². The van der Waals surface area contributed by atoms with E-state index in [1.807, 2.05) is 0 Å². The Morgan fingerprint density at radius 1 is 1.39 bits per heavy atom. The molecule has 0 aliphatic heterocycles. The van der Waals surface area contributed by atoms with E-state index in [1.54, 1.807) is 12.1 Å². The lowest BCUT2D eigenvalue weighted by Crippen LogP contribution is -2.05. The van der Waals surface area contributed by atoms with Crippen LogP contribution in [0.25, 0.3) is 5.69 Å². The number of carboxylic acids is 1. The van der Waals surface area contributed by atoms with Gasteiger partial charge in [0.05, 0.1) is 18.4 Å². The Hall–Kier alpha value is -2.70. The zero-order valence-electron chi connectivity index (χ0n) is 9.40. The van der Waals surface area contributed by atoms with Crippen molar-refractivity contribution in [2.75, 3.05) is 7.11 Å². The zero-order valence-corrected chi connectivity index (χ0v) is 9.40. The van der Waals surface area contributed by atoms with E-state index < -0.39 is 11.9 Å². The van der Waals surface area contributed by atoms with Crippen molar-refractivity contribution in [3.8, 4) is 5.69 Å². The number of hydrogen-bond donors (Lipinski definition) is 1. The monoisotopic (exact) mass is 247 g/mol. The normalized spacial score (nSPS) is 10.1. The third-order valence-electron chi connectivity index (χ3n) is 2.22. The number of aromatic nitrogens is 3. The molecule has 0 fully saturated rings. The minimum absolute atomic E-state index is 0.0850. The summed E-state index contributed by atoms with van der Waals surface area (Å²) in [6, 6.07) is 6.13. The molecule has 0 saturated heterocycles. The van der Waals surface area contributed by atoms with Gasteiger partial charge in [-0.25, -0.2) is 19.3 Å². The number of esters is 1. The summed E-state index contributed by atoms with van der Waals surface area (Å²) in [7, 11) is 1.23. The smallest absolute Gasteiger partial charge is 0.377 e. The average Bonchev–Trinajstić information content (AvgIpc) is 2.87. The fourth-order valence-electron chi connectivity index (χ4n) is 1.35. The van der Waals surface area contributed by atoms with Gasteiger partial charge < -0.3 is 9.84 Å². The van der Waals surface area contributed by atoms with Gasteiger partial charge in [0.1, 0.15) is 6.33 Å². The highest BCUT2D eigenvalue weighted by Gasteiger charge is 2.12. The quantitative estimate of drug-likeness (QED) is 0.804. The van der Waals surface area contributed by atoms with Gasteiger partial charge in [-0.2, -0.15) is 0 Å². The summed E-state index contributed by atoms with van der Waals surface area (Å²) >= 11 is 0. The minimum Gasteiger partial charge on any atom is -0.478 e. The molecule has 0 amide bonds. The maximum absolute atomic E-state index is 11.2. The van der Waals surface area contributed by atoms with Crippen LogP contribution in [0.2, 0.25) is 0 Å². The van der Waals surface area contributed by atoms with Crippen molar-refractivity contribution in [3.05, 3.63) is 42.0 Å². The first-order chi connectivity index (χ1) is 8.61. The van der Waals surface area contributed by atoms with Crippen molar-refractivity contribution in [3.63, 3.8) is 0 Å². The molecule has 1 N–H and O–H groups in total. The van der Waals surface area contributed by atoms with Crippen molar-refractivity contribution < 1.29 is 19.4 Å². The number of ether oxygens (including phenoxy) is 1. The number of rotatable bonds is 3. The van der Waals surface area contributed by atoms with Crippen LogP contribution in [0, 0.1) is 0 Å². The van der Waals surface area contributed by atoms with Gasteiger partial charge in [0, 0.05) is 0 Å². The van der Waals surface area contributed by atoms with Crippen LogP contribution >= 0.6 is 0 Å². The zero-order chi connectivity index (χ0) is 13.1. The molecule has 7 heteroatoms. The predicted octanol–water partition coefficient (Wildman–Crippen LogP) is 0.752. The van der Waals surface area contributed by atoms with E-state index in [2.05, 4.69) is 14.8 Å². The summed E-state index contributed by atoms with van der Waals surface area (Å²) in [5, 5.41) is 12.8. The second-order valence-corrected chi connectivity index (χ2v) is 3.36. The molecule has 2 aromatic rings. The molecule has 1 aromatic heterocycles. The first-order valence-corrected chi connectivity index (χ1v) is 4.95. The van der Waals surface area contributed by atoms with Crippen molar-refractivity contribution in [1.29, 1.82) is 0 Å². The van der Waals surface area contributed by atoms with Gasteiger partial charge in [0.2, 0.25) is 0 Å². The Labute approximate surface area is 102 Å². The largest absolute Gasteiger partial charge is 0.478 e. The highest BCUT2D eigenvalue weighted by atomic mass is 16.5. The Balaban J connectivity index is 2.37. The van der Waals surface area contributed by atoms with Crippen LogP contribution in [0.1, 0.15) is 21.0 Å². The summed E-state index contributed by atoms with van der Waals surface area (Å²) in [6.45, 7) is 0. The highest BCUT2D eigenvalue weighted by Crippen LogP contribution is 2.09. The van der Waals surface area contributed by atoms with Gasteiger partial charge in [-0.3, -0.25) is 0 Å². The minimum atomic E-state index is -1.04. The predicted molar refractivity (Wildman–Crippen MR) is 59.7 cm³/mol. The maximum atomic E-state index is 11.2. The molecule has 0 saturated carbocycles. The summed E-state index contributed by atoms with van der Waals surface area (Å²) in [6.07, 6.45) is 1.31. The number of benzene rings is 1. The third-order valence-corrected chi connectivity index (χ3v) is 2.22. The van der Waals surface area contributed by atoms with Gasteiger partial charge >= 0.3 is 11.9 Å². The van der Waals surface area contributed by atoms with E-state index in [-0.39, 0.29) is 11.4 Å². The molecule has 1 heterocycles. The first kappa shape index (κ1) is 11.8. The Morgan fingerprint density at radius 2 is 2.17 bits per heavy atom. The van der Waals surface area contributed by atoms with Crippen LogP contribution in [0.3, 0.4) is 0 Å². The van der Waals surface area contributed by atoms with Gasteiger partial charge in [-0.1, -0.05) is 6.07 Å². The van der Waals surface area contributed by atoms with E-state index in [1.165, 1.54) is 30.3 Å². The molecule has 0 atom stereocenters. The van der Waals surface area contributed by atoms with E-state index in [0.717, 1.165) is 0 Å². The van der Waals surface area contributed by atoms with E-state index in [0.29, 0.717) is 5.69 Å². The Bertz CT molecular complexity index is 606. The average molecular weight is 247 g/mol. The van der Waals surface area contributed by atoms with E-state index >= 15 is 0 Å². The summed E-state index contributed by atoms with van der Waals surface area (Å²) < 4.78 is 5.78. The van der Waals surface area contributed by atoms with Crippen LogP contribution in [0.4, 0.5) is 0 Å². The molecule has 2 rings (SSSR count). The highest BCUT2D eigenvalue weighted by molar-refractivity contribution is 5.88. The molecule has 0 spiro atoms. The van der Waals surface area contributed by atoms with Gasteiger partial charge in [-0.15, -0.1) is 5.10 Å². The number of aromatic carboxylic acids is 1. The SMILES string of the molecule is COC(=O)c1ncn(-c2cccc(C(=O)O)c2)n1. The number of nitrogens with zero attached hydrogens (tertiary/aromatic N) is 3. The third kappa shape index (κ3) is 2.19. The second kappa shape index (κ2) is 4.66. The molecule has 7 nitrogen and oxygen atoms in total. The van der Waals surface area contributed by atoms with Crippen LogP contribution in [0.5, 0.6) is 0 Å². The Kier molecular flexibility index (Phi) is 3.05. The number of carbonyl (C=O) groups excluding carboxylic acids is 1. The summed E-state index contributed by atoms with van der Waals surface area (Å²) in [5.74, 6) is -1.77. The number of hydrogen-bond acceptors (Lipinski definition) is 5. The molecule has 0 bridgehead atoms. The lowest BCUT2D eigenvalue weighted by Gasteiger charge is -2.01. The van der Waals surface area contributed by atoms with Crippen LogP contribution in [-0.2, 0) is 4.74 Å². The molecule has 0 radical (unpaired) electrons. The molecule has 92 valence electrons. The molecule has 1 aromatic carbocycles. The molecular weight excluding hydrogens is 238 g/mol. The van der Waals surface area contributed by atoms with E-state index in [4.69, 9.17) is 5.11 Å². The van der Waals surface area contributed by atoms with Crippen LogP contribution in [-0.4, -0.2) is 38.9 Å². The molecular formula is C11H9N3O4. The molecule has 18 heavy (non-hydrogen) atoms. The summed E-state index contributed by atoms with van der Waals surface area (Å²) in [4.78, 5) is 25.8. The second-order valence-electron chi connectivity index (χ2n) is 3.36.